The summed E-state index contributed by atoms with van der Waals surface area (Å²) < 4.78 is 20.4. The Morgan fingerprint density at radius 3 is 2.90 bits per heavy atom. The van der Waals surface area contributed by atoms with Gasteiger partial charge in [0.25, 0.3) is 5.91 Å². The third-order valence-corrected chi connectivity index (χ3v) is 4.31. The number of carbonyl (C=O) groups is 1. The van der Waals surface area contributed by atoms with Crippen LogP contribution < -0.4 is 0 Å². The van der Waals surface area contributed by atoms with Crippen LogP contribution in [0, 0.1) is 5.82 Å². The van der Waals surface area contributed by atoms with Gasteiger partial charge in [-0.15, -0.1) is 0 Å². The molecule has 0 saturated carbocycles. The van der Waals surface area contributed by atoms with Crippen LogP contribution in [-0.4, -0.2) is 40.9 Å². The molecule has 1 amide bonds. The zero-order valence-corrected chi connectivity index (χ0v) is 14.5. The molecule has 0 spiro atoms. The van der Waals surface area contributed by atoms with E-state index in [1.807, 2.05) is 13.8 Å². The summed E-state index contributed by atoms with van der Waals surface area (Å²) in [4.78, 5) is 14.2. The first-order chi connectivity index (χ1) is 9.32. The van der Waals surface area contributed by atoms with Crippen LogP contribution in [0.4, 0.5) is 4.39 Å². The molecule has 0 bridgehead atoms. The van der Waals surface area contributed by atoms with Gasteiger partial charge in [-0.3, -0.25) is 4.79 Å². The van der Waals surface area contributed by atoms with Crippen LogP contribution in [0.2, 0.25) is 0 Å². The number of halogens is 3. The van der Waals surface area contributed by atoms with Gasteiger partial charge in [-0.25, -0.2) is 4.39 Å². The number of hydrogen-bond donors (Lipinski definition) is 0. The normalized spacial score (nSPS) is 21.9. The van der Waals surface area contributed by atoms with Crippen molar-refractivity contribution in [2.24, 2.45) is 0 Å². The summed E-state index contributed by atoms with van der Waals surface area (Å²) in [5.41, 5.74) is -0.347. The molecular formula is C14H16Br2FNO2. The van der Waals surface area contributed by atoms with Gasteiger partial charge in [0.2, 0.25) is 0 Å². The average Bonchev–Trinajstić information content (AvgIpc) is 2.38. The fourth-order valence-corrected chi connectivity index (χ4v) is 3.06. The molecule has 6 heteroatoms. The molecule has 2 rings (SSSR count). The molecule has 0 aliphatic carbocycles. The molecule has 1 saturated heterocycles. The first kappa shape index (κ1) is 15.9. The largest absolute Gasteiger partial charge is 0.368 e. The average molecular weight is 409 g/mol. The van der Waals surface area contributed by atoms with Crippen LogP contribution in [0.3, 0.4) is 0 Å². The molecule has 1 aromatic carbocycles. The van der Waals surface area contributed by atoms with Crippen LogP contribution in [-0.2, 0) is 4.74 Å². The lowest BCUT2D eigenvalue weighted by Crippen LogP contribution is -2.55. The lowest BCUT2D eigenvalue weighted by atomic mass is 10.0. The maximum absolute atomic E-state index is 13.8. The van der Waals surface area contributed by atoms with E-state index in [0.717, 1.165) is 0 Å². The zero-order valence-electron chi connectivity index (χ0n) is 11.3. The number of amides is 1. The highest BCUT2D eigenvalue weighted by atomic mass is 79.9. The highest BCUT2D eigenvalue weighted by Gasteiger charge is 2.36. The third kappa shape index (κ3) is 3.59. The van der Waals surface area contributed by atoms with E-state index in [1.54, 1.807) is 11.0 Å². The van der Waals surface area contributed by atoms with Gasteiger partial charge in [0.05, 0.1) is 17.3 Å². The molecule has 20 heavy (non-hydrogen) atoms. The maximum atomic E-state index is 13.8. The van der Waals surface area contributed by atoms with Crippen molar-refractivity contribution in [3.63, 3.8) is 0 Å². The molecule has 110 valence electrons. The topological polar surface area (TPSA) is 29.5 Å². The summed E-state index contributed by atoms with van der Waals surface area (Å²) in [6.45, 7) is 4.76. The Kier molecular flexibility index (Phi) is 4.87. The van der Waals surface area contributed by atoms with E-state index in [4.69, 9.17) is 4.74 Å². The van der Waals surface area contributed by atoms with Crippen LogP contribution in [0.5, 0.6) is 0 Å². The van der Waals surface area contributed by atoms with Crippen molar-refractivity contribution in [1.82, 2.24) is 4.90 Å². The zero-order chi connectivity index (χ0) is 14.9. The Labute approximate surface area is 134 Å². The standard InChI is InChI=1S/C14H16Br2FNO2/c1-14(2)8-18(7-10(6-15)20-14)13(19)11-5-9(16)3-4-12(11)17/h3-5,10H,6-8H2,1-2H3. The monoisotopic (exact) mass is 407 g/mol. The minimum Gasteiger partial charge on any atom is -0.368 e. The van der Waals surface area contributed by atoms with Crippen molar-refractivity contribution in [3.8, 4) is 0 Å². The van der Waals surface area contributed by atoms with E-state index < -0.39 is 11.4 Å². The predicted molar refractivity (Wildman–Crippen MR) is 82.7 cm³/mol. The second-order valence-corrected chi connectivity index (χ2v) is 7.03. The van der Waals surface area contributed by atoms with Crippen molar-refractivity contribution in [2.45, 2.75) is 25.6 Å². The minimum atomic E-state index is -0.502. The second kappa shape index (κ2) is 6.12. The van der Waals surface area contributed by atoms with Crippen molar-refractivity contribution < 1.29 is 13.9 Å². The molecule has 3 nitrogen and oxygen atoms in total. The quantitative estimate of drug-likeness (QED) is 0.699. The summed E-state index contributed by atoms with van der Waals surface area (Å²) >= 11 is 6.64. The molecule has 0 radical (unpaired) electrons. The second-order valence-electron chi connectivity index (χ2n) is 5.46. The van der Waals surface area contributed by atoms with Crippen molar-refractivity contribution in [1.29, 1.82) is 0 Å². The Balaban J connectivity index is 2.25. The maximum Gasteiger partial charge on any atom is 0.257 e. The summed E-state index contributed by atoms with van der Waals surface area (Å²) in [6.07, 6.45) is -0.0853. The van der Waals surface area contributed by atoms with Gasteiger partial charge in [-0.1, -0.05) is 31.9 Å². The van der Waals surface area contributed by atoms with Gasteiger partial charge in [-0.05, 0) is 32.0 Å². The van der Waals surface area contributed by atoms with Crippen molar-refractivity contribution in [2.75, 3.05) is 18.4 Å². The van der Waals surface area contributed by atoms with Gasteiger partial charge in [-0.2, -0.15) is 0 Å². The van der Waals surface area contributed by atoms with Gasteiger partial charge >= 0.3 is 0 Å². The predicted octanol–water partition coefficient (Wildman–Crippen LogP) is 3.60. The van der Waals surface area contributed by atoms with E-state index in [1.165, 1.54) is 12.1 Å². The molecule has 1 aliphatic heterocycles. The number of carbonyl (C=O) groups excluding carboxylic acids is 1. The number of nitrogens with zero attached hydrogens (tertiary/aromatic N) is 1. The fourth-order valence-electron chi connectivity index (χ4n) is 2.36. The summed E-state index contributed by atoms with van der Waals surface area (Å²) in [6, 6.07) is 4.39. The molecule has 1 unspecified atom stereocenters. The molecule has 1 aliphatic rings. The minimum absolute atomic E-state index is 0.0853. The molecule has 0 aromatic heterocycles. The Morgan fingerprint density at radius 1 is 1.55 bits per heavy atom. The summed E-state index contributed by atoms with van der Waals surface area (Å²) in [7, 11) is 0. The molecule has 1 aromatic rings. The molecule has 1 atom stereocenters. The van der Waals surface area contributed by atoms with Crippen LogP contribution >= 0.6 is 31.9 Å². The number of benzene rings is 1. The SMILES string of the molecule is CC1(C)CN(C(=O)c2cc(Br)ccc2F)CC(CBr)O1. The number of alkyl halides is 1. The van der Waals surface area contributed by atoms with E-state index in [9.17, 15) is 9.18 Å². The van der Waals surface area contributed by atoms with E-state index >= 15 is 0 Å². The molecular weight excluding hydrogens is 393 g/mol. The first-order valence-corrected chi connectivity index (χ1v) is 8.22. The van der Waals surface area contributed by atoms with Crippen LogP contribution in [0.15, 0.2) is 22.7 Å². The van der Waals surface area contributed by atoms with E-state index in [2.05, 4.69) is 31.9 Å². The van der Waals surface area contributed by atoms with Gasteiger partial charge in [0.1, 0.15) is 5.82 Å². The highest BCUT2D eigenvalue weighted by Crippen LogP contribution is 2.25. The highest BCUT2D eigenvalue weighted by molar-refractivity contribution is 9.10. The van der Waals surface area contributed by atoms with E-state index in [0.29, 0.717) is 22.9 Å². The molecule has 1 heterocycles. The Morgan fingerprint density at radius 2 is 2.25 bits per heavy atom. The Hall–Kier alpha value is -0.460. The van der Waals surface area contributed by atoms with Gasteiger partial charge in [0, 0.05) is 22.9 Å². The summed E-state index contributed by atoms with van der Waals surface area (Å²) in [5.74, 6) is -0.802. The first-order valence-electron chi connectivity index (χ1n) is 6.30. The lowest BCUT2D eigenvalue weighted by Gasteiger charge is -2.42. The molecule has 1 fully saturated rings. The third-order valence-electron chi connectivity index (χ3n) is 3.10. The number of ether oxygens (including phenoxy) is 1. The van der Waals surface area contributed by atoms with Crippen molar-refractivity contribution >= 4 is 37.8 Å². The summed E-state index contributed by atoms with van der Waals surface area (Å²) in [5, 5.41) is 0.640. The van der Waals surface area contributed by atoms with Gasteiger partial charge in [0.15, 0.2) is 0 Å². The fraction of sp³-hybridized carbons (Fsp3) is 0.500. The van der Waals surface area contributed by atoms with Crippen LogP contribution in [0.25, 0.3) is 0 Å². The van der Waals surface area contributed by atoms with E-state index in [-0.39, 0.29) is 17.6 Å². The Bertz CT molecular complexity index is 522. The van der Waals surface area contributed by atoms with Crippen LogP contribution in [0.1, 0.15) is 24.2 Å². The number of morpholine rings is 1. The number of hydrogen-bond acceptors (Lipinski definition) is 2. The van der Waals surface area contributed by atoms with Crippen molar-refractivity contribution in [3.05, 3.63) is 34.1 Å². The molecule has 0 N–H and O–H groups in total. The smallest absolute Gasteiger partial charge is 0.257 e. The number of rotatable bonds is 2. The van der Waals surface area contributed by atoms with Gasteiger partial charge < -0.3 is 9.64 Å². The lowest BCUT2D eigenvalue weighted by molar-refractivity contribution is -0.116.